The van der Waals surface area contributed by atoms with Crippen LogP contribution in [-0.2, 0) is 10.5 Å². The standard InChI is InChI=1S/C17H17F2NO2S/c1-11(23-10-12-4-3-5-15(18)16(12)19)17(21)20-13-6-8-14(22-2)9-7-13/h3-9,11H,10H2,1-2H3,(H,20,21). The van der Waals surface area contributed by atoms with Gasteiger partial charge in [-0.25, -0.2) is 8.78 Å². The molecule has 1 amide bonds. The highest BCUT2D eigenvalue weighted by atomic mass is 32.2. The molecule has 0 saturated heterocycles. The summed E-state index contributed by atoms with van der Waals surface area (Å²) in [6.45, 7) is 1.72. The first-order valence-electron chi connectivity index (χ1n) is 7.00. The number of nitrogens with one attached hydrogen (secondary N) is 1. The molecule has 0 spiro atoms. The second-order valence-corrected chi connectivity index (χ2v) is 6.21. The van der Waals surface area contributed by atoms with Crippen molar-refractivity contribution < 1.29 is 18.3 Å². The summed E-state index contributed by atoms with van der Waals surface area (Å²) in [7, 11) is 1.57. The third kappa shape index (κ3) is 4.69. The summed E-state index contributed by atoms with van der Waals surface area (Å²) in [6, 6.07) is 11.0. The highest BCUT2D eigenvalue weighted by Gasteiger charge is 2.15. The molecule has 0 fully saturated rings. The quantitative estimate of drug-likeness (QED) is 0.857. The summed E-state index contributed by atoms with van der Waals surface area (Å²) >= 11 is 1.24. The van der Waals surface area contributed by atoms with E-state index in [9.17, 15) is 13.6 Å². The van der Waals surface area contributed by atoms with Crippen molar-refractivity contribution in [2.24, 2.45) is 0 Å². The maximum atomic E-state index is 13.6. The van der Waals surface area contributed by atoms with Crippen molar-refractivity contribution in [1.29, 1.82) is 0 Å². The Morgan fingerprint density at radius 1 is 1.22 bits per heavy atom. The number of carbonyl (C=O) groups is 1. The maximum absolute atomic E-state index is 13.6. The Labute approximate surface area is 138 Å². The van der Waals surface area contributed by atoms with E-state index in [0.29, 0.717) is 11.4 Å². The Morgan fingerprint density at radius 3 is 2.57 bits per heavy atom. The Balaban J connectivity index is 1.90. The van der Waals surface area contributed by atoms with E-state index in [4.69, 9.17) is 4.74 Å². The van der Waals surface area contributed by atoms with E-state index >= 15 is 0 Å². The van der Waals surface area contributed by atoms with Crippen molar-refractivity contribution in [3.05, 3.63) is 59.7 Å². The second kappa shape index (κ2) is 7.97. The van der Waals surface area contributed by atoms with E-state index in [1.54, 1.807) is 38.3 Å². The molecule has 0 aliphatic rings. The first-order chi connectivity index (χ1) is 11.0. The molecule has 0 heterocycles. The van der Waals surface area contributed by atoms with E-state index in [0.717, 1.165) is 6.07 Å². The third-order valence-electron chi connectivity index (χ3n) is 3.25. The normalized spacial score (nSPS) is 11.8. The van der Waals surface area contributed by atoms with Gasteiger partial charge in [-0.2, -0.15) is 0 Å². The van der Waals surface area contributed by atoms with E-state index in [1.807, 2.05) is 0 Å². The molecule has 0 bridgehead atoms. The van der Waals surface area contributed by atoms with Gasteiger partial charge in [0.25, 0.3) is 0 Å². The topological polar surface area (TPSA) is 38.3 Å². The number of thioether (sulfide) groups is 1. The average Bonchev–Trinajstić information content (AvgIpc) is 2.56. The Hall–Kier alpha value is -2.08. The number of methoxy groups -OCH3 is 1. The molecule has 2 aromatic rings. The van der Waals surface area contributed by atoms with Gasteiger partial charge in [-0.3, -0.25) is 4.79 Å². The first-order valence-corrected chi connectivity index (χ1v) is 8.05. The lowest BCUT2D eigenvalue weighted by Gasteiger charge is -2.13. The number of rotatable bonds is 6. The highest BCUT2D eigenvalue weighted by Crippen LogP contribution is 2.23. The summed E-state index contributed by atoms with van der Waals surface area (Å²) in [5.41, 5.74) is 0.902. The highest BCUT2D eigenvalue weighted by molar-refractivity contribution is 7.99. The van der Waals surface area contributed by atoms with Gasteiger partial charge in [0, 0.05) is 17.0 Å². The molecular weight excluding hydrogens is 320 g/mol. The predicted octanol–water partition coefficient (Wildman–Crippen LogP) is 4.23. The van der Waals surface area contributed by atoms with Crippen molar-refractivity contribution in [3.63, 3.8) is 0 Å². The zero-order valence-electron chi connectivity index (χ0n) is 12.8. The molecule has 0 radical (unpaired) electrons. The van der Waals surface area contributed by atoms with Crippen LogP contribution in [0.25, 0.3) is 0 Å². The van der Waals surface area contributed by atoms with Crippen molar-refractivity contribution in [2.45, 2.75) is 17.9 Å². The molecule has 2 aromatic carbocycles. The molecule has 3 nitrogen and oxygen atoms in total. The van der Waals surface area contributed by atoms with E-state index in [-0.39, 0.29) is 17.2 Å². The Bertz CT molecular complexity index is 677. The van der Waals surface area contributed by atoms with Gasteiger partial charge >= 0.3 is 0 Å². The van der Waals surface area contributed by atoms with Crippen molar-refractivity contribution in [3.8, 4) is 5.75 Å². The van der Waals surface area contributed by atoms with Crippen LogP contribution in [0.2, 0.25) is 0 Å². The lowest BCUT2D eigenvalue weighted by molar-refractivity contribution is -0.115. The summed E-state index contributed by atoms with van der Waals surface area (Å²) < 4.78 is 31.8. The summed E-state index contributed by atoms with van der Waals surface area (Å²) in [5, 5.41) is 2.37. The monoisotopic (exact) mass is 337 g/mol. The van der Waals surface area contributed by atoms with Crippen LogP contribution in [0.3, 0.4) is 0 Å². The SMILES string of the molecule is COc1ccc(NC(=O)C(C)SCc2cccc(F)c2F)cc1. The number of benzene rings is 2. The van der Waals surface area contributed by atoms with Crippen LogP contribution in [0.15, 0.2) is 42.5 Å². The Morgan fingerprint density at radius 2 is 1.91 bits per heavy atom. The fourth-order valence-electron chi connectivity index (χ4n) is 1.87. The number of hydrogen-bond acceptors (Lipinski definition) is 3. The Kier molecular flexibility index (Phi) is 5.98. The van der Waals surface area contributed by atoms with Crippen LogP contribution < -0.4 is 10.1 Å². The van der Waals surface area contributed by atoms with E-state index in [1.165, 1.54) is 23.9 Å². The van der Waals surface area contributed by atoms with Crippen molar-refractivity contribution in [2.75, 3.05) is 12.4 Å². The van der Waals surface area contributed by atoms with E-state index < -0.39 is 16.9 Å². The molecule has 23 heavy (non-hydrogen) atoms. The second-order valence-electron chi connectivity index (χ2n) is 4.88. The van der Waals surface area contributed by atoms with Crippen molar-refractivity contribution >= 4 is 23.4 Å². The molecule has 1 unspecified atom stereocenters. The maximum Gasteiger partial charge on any atom is 0.237 e. The molecule has 6 heteroatoms. The van der Waals surface area contributed by atoms with Crippen LogP contribution in [0, 0.1) is 11.6 Å². The number of halogens is 2. The van der Waals surface area contributed by atoms with Crippen LogP contribution in [-0.4, -0.2) is 18.3 Å². The number of amides is 1. The van der Waals surface area contributed by atoms with Gasteiger partial charge in [-0.05, 0) is 37.3 Å². The smallest absolute Gasteiger partial charge is 0.237 e. The first kappa shape index (κ1) is 17.3. The lowest BCUT2D eigenvalue weighted by Crippen LogP contribution is -2.22. The van der Waals surface area contributed by atoms with Gasteiger partial charge < -0.3 is 10.1 Å². The fourth-order valence-corrected chi connectivity index (χ4v) is 2.73. The molecular formula is C17H17F2NO2S. The zero-order valence-corrected chi connectivity index (χ0v) is 13.6. The lowest BCUT2D eigenvalue weighted by atomic mass is 10.2. The average molecular weight is 337 g/mol. The van der Waals surface area contributed by atoms with Gasteiger partial charge in [0.05, 0.1) is 12.4 Å². The van der Waals surface area contributed by atoms with Crippen LogP contribution in [0.5, 0.6) is 5.75 Å². The molecule has 0 saturated carbocycles. The molecule has 2 rings (SSSR count). The van der Waals surface area contributed by atoms with Gasteiger partial charge in [0.15, 0.2) is 11.6 Å². The summed E-state index contributed by atoms with van der Waals surface area (Å²) in [6.07, 6.45) is 0. The number of carbonyl (C=O) groups excluding carboxylic acids is 1. The van der Waals surface area contributed by atoms with Gasteiger partial charge in [0.1, 0.15) is 5.75 Å². The number of hydrogen-bond donors (Lipinski definition) is 1. The fraction of sp³-hybridized carbons (Fsp3) is 0.235. The molecule has 0 aliphatic heterocycles. The van der Waals surface area contributed by atoms with Crippen molar-refractivity contribution in [1.82, 2.24) is 0 Å². The molecule has 1 atom stereocenters. The zero-order chi connectivity index (χ0) is 16.8. The minimum Gasteiger partial charge on any atom is -0.497 e. The van der Waals surface area contributed by atoms with Crippen LogP contribution >= 0.6 is 11.8 Å². The third-order valence-corrected chi connectivity index (χ3v) is 4.44. The molecule has 122 valence electrons. The summed E-state index contributed by atoms with van der Waals surface area (Å²) in [4.78, 5) is 12.1. The largest absolute Gasteiger partial charge is 0.497 e. The number of ether oxygens (including phenoxy) is 1. The summed E-state index contributed by atoms with van der Waals surface area (Å²) in [5.74, 6) is -1.01. The van der Waals surface area contributed by atoms with E-state index in [2.05, 4.69) is 5.32 Å². The van der Waals surface area contributed by atoms with Gasteiger partial charge in [-0.15, -0.1) is 11.8 Å². The number of anilines is 1. The van der Waals surface area contributed by atoms with Crippen LogP contribution in [0.4, 0.5) is 14.5 Å². The van der Waals surface area contributed by atoms with Gasteiger partial charge in [-0.1, -0.05) is 12.1 Å². The molecule has 1 N–H and O–H groups in total. The minimum atomic E-state index is -0.876. The molecule has 0 aromatic heterocycles. The minimum absolute atomic E-state index is 0.197. The predicted molar refractivity (Wildman–Crippen MR) is 88.7 cm³/mol. The molecule has 0 aliphatic carbocycles. The van der Waals surface area contributed by atoms with Crippen LogP contribution in [0.1, 0.15) is 12.5 Å². The van der Waals surface area contributed by atoms with Gasteiger partial charge in [0.2, 0.25) is 5.91 Å².